The maximum absolute atomic E-state index is 12.6. The molecule has 1 aliphatic heterocycles. The number of hydrogen-bond donors (Lipinski definition) is 1. The average molecular weight is 320 g/mol. The van der Waals surface area contributed by atoms with Crippen molar-refractivity contribution in [1.29, 1.82) is 0 Å². The molecule has 1 heterocycles. The van der Waals surface area contributed by atoms with Crippen LogP contribution in [0, 0.1) is 5.92 Å². The smallest absolute Gasteiger partial charge is 0.317 e. The second-order valence-corrected chi connectivity index (χ2v) is 6.50. The van der Waals surface area contributed by atoms with E-state index in [0.717, 1.165) is 30.8 Å². The number of nitrogens with one attached hydrogen (secondary N) is 1. The average Bonchev–Trinajstić information content (AvgIpc) is 3.07. The van der Waals surface area contributed by atoms with Gasteiger partial charge in [-0.15, -0.1) is 0 Å². The molecule has 23 heavy (non-hydrogen) atoms. The van der Waals surface area contributed by atoms with E-state index < -0.39 is 0 Å². The summed E-state index contributed by atoms with van der Waals surface area (Å²) in [5, 5.41) is 3.17. The van der Waals surface area contributed by atoms with Crippen molar-refractivity contribution in [1.82, 2.24) is 10.2 Å². The highest BCUT2D eigenvalue weighted by Gasteiger charge is 2.27. The van der Waals surface area contributed by atoms with E-state index in [1.807, 2.05) is 31.3 Å². The third kappa shape index (κ3) is 4.61. The Hall–Kier alpha value is -1.75. The van der Waals surface area contributed by atoms with Gasteiger partial charge in [-0.05, 0) is 24.8 Å². The minimum atomic E-state index is -0.0663. The lowest BCUT2D eigenvalue weighted by Crippen LogP contribution is -2.45. The number of rotatable bonds is 6. The molecule has 0 unspecified atom stereocenters. The van der Waals surface area contributed by atoms with E-state index in [0.29, 0.717) is 12.5 Å². The summed E-state index contributed by atoms with van der Waals surface area (Å²) in [6.07, 6.45) is 1.76. The summed E-state index contributed by atoms with van der Waals surface area (Å²) in [6.45, 7) is 5.66. The van der Waals surface area contributed by atoms with Crippen molar-refractivity contribution in [2.75, 3.05) is 27.4 Å². The van der Waals surface area contributed by atoms with E-state index in [4.69, 9.17) is 9.47 Å². The van der Waals surface area contributed by atoms with Crippen molar-refractivity contribution in [2.45, 2.75) is 38.8 Å². The summed E-state index contributed by atoms with van der Waals surface area (Å²) in [4.78, 5) is 14.4. The number of amides is 2. The number of methoxy groups -OCH3 is 1. The topological polar surface area (TPSA) is 50.8 Å². The van der Waals surface area contributed by atoms with Crippen LogP contribution in [0.1, 0.15) is 38.3 Å². The lowest BCUT2D eigenvalue weighted by Gasteiger charge is -2.28. The van der Waals surface area contributed by atoms with E-state index in [1.165, 1.54) is 0 Å². The van der Waals surface area contributed by atoms with E-state index in [2.05, 4.69) is 19.2 Å². The van der Waals surface area contributed by atoms with Gasteiger partial charge < -0.3 is 19.7 Å². The summed E-state index contributed by atoms with van der Waals surface area (Å²) >= 11 is 0. The standard InChI is InChI=1S/C18H28N2O3/c1-13(2)11-16(15-7-5-6-8-17(15)22-4)19-18(21)20(3)14-9-10-23-12-14/h5-8,13-14,16H,9-12H2,1-4H3,(H,19,21)/t14-,16-/m1/s1. The number of ether oxygens (including phenoxy) is 2. The first-order valence-corrected chi connectivity index (χ1v) is 8.27. The van der Waals surface area contributed by atoms with Crippen LogP contribution in [0.4, 0.5) is 4.79 Å². The highest BCUT2D eigenvalue weighted by molar-refractivity contribution is 5.75. The molecule has 0 spiro atoms. The second kappa shape index (κ2) is 8.20. The zero-order valence-corrected chi connectivity index (χ0v) is 14.5. The van der Waals surface area contributed by atoms with Crippen molar-refractivity contribution in [3.63, 3.8) is 0 Å². The summed E-state index contributed by atoms with van der Waals surface area (Å²) in [7, 11) is 3.50. The predicted molar refractivity (Wildman–Crippen MR) is 90.7 cm³/mol. The van der Waals surface area contributed by atoms with Crippen LogP contribution in [0.2, 0.25) is 0 Å². The maximum atomic E-state index is 12.6. The third-order valence-corrected chi connectivity index (χ3v) is 4.29. The zero-order chi connectivity index (χ0) is 16.8. The summed E-state index contributed by atoms with van der Waals surface area (Å²) in [5.41, 5.74) is 1.02. The molecule has 1 aliphatic rings. The van der Waals surface area contributed by atoms with Crippen LogP contribution in [0.3, 0.4) is 0 Å². The van der Waals surface area contributed by atoms with Gasteiger partial charge in [0.2, 0.25) is 0 Å². The van der Waals surface area contributed by atoms with Crippen LogP contribution in [0.15, 0.2) is 24.3 Å². The molecule has 5 nitrogen and oxygen atoms in total. The maximum Gasteiger partial charge on any atom is 0.317 e. The molecule has 128 valence electrons. The van der Waals surface area contributed by atoms with E-state index in [9.17, 15) is 4.79 Å². The molecule has 2 rings (SSSR count). The second-order valence-electron chi connectivity index (χ2n) is 6.50. The van der Waals surface area contributed by atoms with Gasteiger partial charge in [-0.25, -0.2) is 4.79 Å². The van der Waals surface area contributed by atoms with Gasteiger partial charge in [-0.2, -0.15) is 0 Å². The highest BCUT2D eigenvalue weighted by atomic mass is 16.5. The quantitative estimate of drug-likeness (QED) is 0.875. The van der Waals surface area contributed by atoms with Crippen LogP contribution < -0.4 is 10.1 Å². The number of hydrogen-bond acceptors (Lipinski definition) is 3. The summed E-state index contributed by atoms with van der Waals surface area (Å²) in [5.74, 6) is 1.27. The number of carbonyl (C=O) groups is 1. The number of nitrogens with zero attached hydrogens (tertiary/aromatic N) is 1. The van der Waals surface area contributed by atoms with Crippen molar-refractivity contribution in [3.8, 4) is 5.75 Å². The number of urea groups is 1. The third-order valence-electron chi connectivity index (χ3n) is 4.29. The van der Waals surface area contributed by atoms with Gasteiger partial charge in [0.25, 0.3) is 0 Å². The van der Waals surface area contributed by atoms with E-state index >= 15 is 0 Å². The molecular formula is C18H28N2O3. The molecule has 1 aromatic rings. The summed E-state index contributed by atoms with van der Waals surface area (Å²) < 4.78 is 10.8. The fourth-order valence-electron chi connectivity index (χ4n) is 2.93. The van der Waals surface area contributed by atoms with E-state index in [1.54, 1.807) is 12.0 Å². The Morgan fingerprint density at radius 2 is 2.17 bits per heavy atom. The van der Waals surface area contributed by atoms with Crippen molar-refractivity contribution in [3.05, 3.63) is 29.8 Å². The van der Waals surface area contributed by atoms with Gasteiger partial charge in [0.15, 0.2) is 0 Å². The minimum absolute atomic E-state index is 0.0583. The Bertz CT molecular complexity index is 513. The largest absolute Gasteiger partial charge is 0.496 e. The highest BCUT2D eigenvalue weighted by Crippen LogP contribution is 2.29. The SMILES string of the molecule is COc1ccccc1[C@@H](CC(C)C)NC(=O)N(C)[C@@H]1CCOC1. The Kier molecular flexibility index (Phi) is 6.28. The van der Waals surface area contributed by atoms with E-state index in [-0.39, 0.29) is 18.1 Å². The number of benzene rings is 1. The van der Waals surface area contributed by atoms with Crippen LogP contribution in [0.5, 0.6) is 5.75 Å². The molecule has 0 aromatic heterocycles. The molecule has 0 radical (unpaired) electrons. The number of para-hydroxylation sites is 1. The molecule has 2 amide bonds. The van der Waals surface area contributed by atoms with Crippen LogP contribution in [0.25, 0.3) is 0 Å². The van der Waals surface area contributed by atoms with Crippen molar-refractivity contribution < 1.29 is 14.3 Å². The Morgan fingerprint density at radius 1 is 1.43 bits per heavy atom. The van der Waals surface area contributed by atoms with Gasteiger partial charge in [-0.3, -0.25) is 0 Å². The Labute approximate surface area is 139 Å². The molecular weight excluding hydrogens is 292 g/mol. The molecule has 1 saturated heterocycles. The zero-order valence-electron chi connectivity index (χ0n) is 14.5. The predicted octanol–water partition coefficient (Wildman–Crippen LogP) is 3.21. The van der Waals surface area contributed by atoms with Crippen molar-refractivity contribution in [2.24, 2.45) is 5.92 Å². The lowest BCUT2D eigenvalue weighted by atomic mass is 9.96. The van der Waals surface area contributed by atoms with Crippen molar-refractivity contribution >= 4 is 6.03 Å². The molecule has 0 saturated carbocycles. The number of carbonyl (C=O) groups excluding carboxylic acids is 1. The van der Waals surface area contributed by atoms with Gasteiger partial charge >= 0.3 is 6.03 Å². The Morgan fingerprint density at radius 3 is 2.78 bits per heavy atom. The van der Waals surface area contributed by atoms with Crippen LogP contribution >= 0.6 is 0 Å². The molecule has 1 N–H and O–H groups in total. The molecule has 1 fully saturated rings. The van der Waals surface area contributed by atoms with Crippen LogP contribution in [-0.4, -0.2) is 44.3 Å². The van der Waals surface area contributed by atoms with Gasteiger partial charge in [0.1, 0.15) is 5.75 Å². The first-order valence-electron chi connectivity index (χ1n) is 8.27. The molecule has 0 bridgehead atoms. The number of likely N-dealkylation sites (N-methyl/N-ethyl adjacent to an activating group) is 1. The van der Waals surface area contributed by atoms with Crippen LogP contribution in [-0.2, 0) is 4.74 Å². The fourth-order valence-corrected chi connectivity index (χ4v) is 2.93. The first-order chi connectivity index (χ1) is 11.0. The fraction of sp³-hybridized carbons (Fsp3) is 0.611. The molecule has 5 heteroatoms. The minimum Gasteiger partial charge on any atom is -0.496 e. The molecule has 0 aliphatic carbocycles. The van der Waals surface area contributed by atoms with Gasteiger partial charge in [-0.1, -0.05) is 32.0 Å². The normalized spacial score (nSPS) is 18.7. The first kappa shape index (κ1) is 17.6. The monoisotopic (exact) mass is 320 g/mol. The molecule has 2 atom stereocenters. The molecule has 1 aromatic carbocycles. The van der Waals surface area contributed by atoms with Gasteiger partial charge in [0.05, 0.1) is 25.8 Å². The summed E-state index contributed by atoms with van der Waals surface area (Å²) in [6, 6.07) is 7.91. The van der Waals surface area contributed by atoms with Gasteiger partial charge in [0, 0.05) is 19.2 Å². The lowest BCUT2D eigenvalue weighted by molar-refractivity contribution is 0.155. The Balaban J connectivity index is 2.13.